The highest BCUT2D eigenvalue weighted by molar-refractivity contribution is 5.76. The van der Waals surface area contributed by atoms with Crippen LogP contribution in [0.25, 0.3) is 0 Å². The van der Waals surface area contributed by atoms with E-state index < -0.39 is 11.4 Å². The van der Waals surface area contributed by atoms with E-state index in [1.54, 1.807) is 26.0 Å². The number of hydrogen-bond donors (Lipinski definition) is 2. The third-order valence-corrected chi connectivity index (χ3v) is 2.60. The molecule has 0 heterocycles. The van der Waals surface area contributed by atoms with Gasteiger partial charge in [0.1, 0.15) is 6.61 Å². The first kappa shape index (κ1) is 13.7. The average Bonchev–Trinajstić information content (AvgIpc) is 2.36. The molecule has 4 heteroatoms. The van der Waals surface area contributed by atoms with Gasteiger partial charge in [0, 0.05) is 0 Å². The van der Waals surface area contributed by atoms with Gasteiger partial charge in [0.05, 0.1) is 18.6 Å². The van der Waals surface area contributed by atoms with Crippen LogP contribution in [-0.2, 0) is 22.7 Å². The Bertz CT molecular complexity index is 385. The van der Waals surface area contributed by atoms with Gasteiger partial charge in [-0.05, 0) is 25.0 Å². The van der Waals surface area contributed by atoms with Gasteiger partial charge in [-0.2, -0.15) is 0 Å². The fraction of sp³-hybridized carbons (Fsp3) is 0.462. The number of carbonyl (C=O) groups is 1. The number of aliphatic hydroxyl groups is 2. The van der Waals surface area contributed by atoms with Crippen molar-refractivity contribution in [3.8, 4) is 0 Å². The Hall–Kier alpha value is -1.39. The van der Waals surface area contributed by atoms with Crippen molar-refractivity contribution in [1.82, 2.24) is 0 Å². The molecule has 0 aliphatic rings. The maximum absolute atomic E-state index is 11.6. The lowest BCUT2D eigenvalue weighted by atomic mass is 9.95. The molecular formula is C13H18O4. The van der Waals surface area contributed by atoms with Crippen molar-refractivity contribution in [3.05, 3.63) is 35.4 Å². The van der Waals surface area contributed by atoms with E-state index in [9.17, 15) is 4.79 Å². The van der Waals surface area contributed by atoms with Crippen LogP contribution in [0.4, 0.5) is 0 Å². The highest BCUT2D eigenvalue weighted by Crippen LogP contribution is 2.18. The maximum atomic E-state index is 11.6. The van der Waals surface area contributed by atoms with E-state index in [2.05, 4.69) is 0 Å². The van der Waals surface area contributed by atoms with Crippen LogP contribution in [0.5, 0.6) is 0 Å². The lowest BCUT2D eigenvalue weighted by Crippen LogP contribution is -2.30. The number of esters is 1. The van der Waals surface area contributed by atoms with Crippen LogP contribution in [0, 0.1) is 5.41 Å². The molecule has 0 unspecified atom stereocenters. The molecule has 0 saturated carbocycles. The van der Waals surface area contributed by atoms with Crippen molar-refractivity contribution < 1.29 is 19.7 Å². The molecular weight excluding hydrogens is 220 g/mol. The number of ether oxygens (including phenoxy) is 1. The Morgan fingerprint density at radius 1 is 1.24 bits per heavy atom. The van der Waals surface area contributed by atoms with E-state index in [-0.39, 0.29) is 19.8 Å². The summed E-state index contributed by atoms with van der Waals surface area (Å²) in [5.41, 5.74) is 0.618. The summed E-state index contributed by atoms with van der Waals surface area (Å²) in [6.45, 7) is 3.00. The average molecular weight is 238 g/mol. The zero-order valence-corrected chi connectivity index (χ0v) is 10.1. The topological polar surface area (TPSA) is 66.8 Å². The van der Waals surface area contributed by atoms with Gasteiger partial charge in [-0.15, -0.1) is 0 Å². The molecule has 0 aliphatic heterocycles. The number of hydrogen-bond acceptors (Lipinski definition) is 4. The molecule has 0 aromatic heterocycles. The second kappa shape index (κ2) is 5.80. The van der Waals surface area contributed by atoms with Crippen LogP contribution < -0.4 is 0 Å². The van der Waals surface area contributed by atoms with Crippen molar-refractivity contribution in [3.63, 3.8) is 0 Å². The second-order valence-electron chi connectivity index (χ2n) is 4.54. The Morgan fingerprint density at radius 3 is 2.35 bits per heavy atom. The molecule has 0 amide bonds. The lowest BCUT2D eigenvalue weighted by Gasteiger charge is -2.19. The summed E-state index contributed by atoms with van der Waals surface area (Å²) >= 11 is 0. The highest BCUT2D eigenvalue weighted by atomic mass is 16.5. The van der Waals surface area contributed by atoms with E-state index in [0.29, 0.717) is 0 Å². The summed E-state index contributed by atoms with van der Waals surface area (Å²) in [6, 6.07) is 7.21. The number of carbonyl (C=O) groups excluding carboxylic acids is 1. The molecule has 0 fully saturated rings. The van der Waals surface area contributed by atoms with E-state index in [1.165, 1.54) is 0 Å². The van der Waals surface area contributed by atoms with Gasteiger partial charge >= 0.3 is 5.97 Å². The summed E-state index contributed by atoms with van der Waals surface area (Å²) in [5, 5.41) is 18.1. The van der Waals surface area contributed by atoms with Crippen LogP contribution in [-0.4, -0.2) is 22.8 Å². The molecule has 1 rings (SSSR count). The van der Waals surface area contributed by atoms with Gasteiger partial charge < -0.3 is 14.9 Å². The largest absolute Gasteiger partial charge is 0.460 e. The molecule has 94 valence electrons. The van der Waals surface area contributed by atoms with Gasteiger partial charge in [0.15, 0.2) is 0 Å². The fourth-order valence-electron chi connectivity index (χ4n) is 1.26. The molecule has 0 radical (unpaired) electrons. The third kappa shape index (κ3) is 3.54. The van der Waals surface area contributed by atoms with Crippen molar-refractivity contribution in [2.45, 2.75) is 27.1 Å². The van der Waals surface area contributed by atoms with Crippen LogP contribution in [0.2, 0.25) is 0 Å². The predicted octanol–water partition coefficient (Wildman–Crippen LogP) is 1.24. The molecule has 0 aliphatic carbocycles. The highest BCUT2D eigenvalue weighted by Gasteiger charge is 2.28. The van der Waals surface area contributed by atoms with Crippen LogP contribution in [0.1, 0.15) is 25.0 Å². The van der Waals surface area contributed by atoms with Crippen molar-refractivity contribution in [1.29, 1.82) is 0 Å². The van der Waals surface area contributed by atoms with E-state index in [4.69, 9.17) is 14.9 Å². The van der Waals surface area contributed by atoms with E-state index in [0.717, 1.165) is 11.1 Å². The molecule has 0 spiro atoms. The predicted molar refractivity (Wildman–Crippen MR) is 63.0 cm³/mol. The fourth-order valence-corrected chi connectivity index (χ4v) is 1.26. The number of benzene rings is 1. The minimum Gasteiger partial charge on any atom is -0.460 e. The SMILES string of the molecule is CC(C)(CO)C(=O)OCc1ccccc1CO. The smallest absolute Gasteiger partial charge is 0.314 e. The van der Waals surface area contributed by atoms with Gasteiger partial charge in [0.2, 0.25) is 0 Å². The third-order valence-electron chi connectivity index (χ3n) is 2.60. The molecule has 1 aromatic carbocycles. The number of rotatable bonds is 5. The van der Waals surface area contributed by atoms with Crippen molar-refractivity contribution in [2.24, 2.45) is 5.41 Å². The van der Waals surface area contributed by atoms with Gasteiger partial charge in [0.25, 0.3) is 0 Å². The summed E-state index contributed by atoms with van der Waals surface area (Å²) < 4.78 is 5.12. The zero-order chi connectivity index (χ0) is 12.9. The van der Waals surface area contributed by atoms with Crippen LogP contribution >= 0.6 is 0 Å². The molecule has 2 N–H and O–H groups in total. The van der Waals surface area contributed by atoms with Crippen LogP contribution in [0.3, 0.4) is 0 Å². The summed E-state index contributed by atoms with van der Waals surface area (Å²) in [5.74, 6) is -0.451. The molecule has 0 atom stereocenters. The maximum Gasteiger partial charge on any atom is 0.314 e. The Morgan fingerprint density at radius 2 is 1.82 bits per heavy atom. The number of aliphatic hydroxyl groups excluding tert-OH is 2. The quantitative estimate of drug-likeness (QED) is 0.757. The molecule has 17 heavy (non-hydrogen) atoms. The van der Waals surface area contributed by atoms with Gasteiger partial charge in [-0.3, -0.25) is 4.79 Å². The first-order chi connectivity index (χ1) is 8.01. The monoisotopic (exact) mass is 238 g/mol. The zero-order valence-electron chi connectivity index (χ0n) is 10.1. The Balaban J connectivity index is 2.65. The van der Waals surface area contributed by atoms with Crippen molar-refractivity contribution in [2.75, 3.05) is 6.61 Å². The summed E-state index contributed by atoms with van der Waals surface area (Å²) in [4.78, 5) is 11.6. The molecule has 0 saturated heterocycles. The van der Waals surface area contributed by atoms with Gasteiger partial charge in [-0.1, -0.05) is 24.3 Å². The lowest BCUT2D eigenvalue weighted by molar-refractivity contribution is -0.157. The molecule has 1 aromatic rings. The minimum absolute atomic E-state index is 0.0862. The van der Waals surface area contributed by atoms with Gasteiger partial charge in [-0.25, -0.2) is 0 Å². The molecule has 4 nitrogen and oxygen atoms in total. The van der Waals surface area contributed by atoms with E-state index in [1.807, 2.05) is 12.1 Å². The standard InChI is InChI=1S/C13H18O4/c1-13(2,9-15)12(16)17-8-11-6-4-3-5-10(11)7-14/h3-6,14-15H,7-9H2,1-2H3. The normalized spacial score (nSPS) is 11.3. The van der Waals surface area contributed by atoms with E-state index >= 15 is 0 Å². The Kier molecular flexibility index (Phi) is 4.66. The Labute approximate surface area is 101 Å². The first-order valence-electron chi connectivity index (χ1n) is 5.47. The molecule has 0 bridgehead atoms. The van der Waals surface area contributed by atoms with Crippen molar-refractivity contribution >= 4 is 5.97 Å². The van der Waals surface area contributed by atoms with Crippen LogP contribution in [0.15, 0.2) is 24.3 Å². The summed E-state index contributed by atoms with van der Waals surface area (Å²) in [7, 11) is 0. The summed E-state index contributed by atoms with van der Waals surface area (Å²) in [6.07, 6.45) is 0. The second-order valence-corrected chi connectivity index (χ2v) is 4.54. The first-order valence-corrected chi connectivity index (χ1v) is 5.47. The minimum atomic E-state index is -0.895.